The van der Waals surface area contributed by atoms with Crippen molar-refractivity contribution < 1.29 is 14.3 Å². The molecule has 4 nitrogen and oxygen atoms in total. The van der Waals surface area contributed by atoms with Crippen LogP contribution in [-0.4, -0.2) is 31.6 Å². The lowest BCUT2D eigenvalue weighted by molar-refractivity contribution is -0.126. The van der Waals surface area contributed by atoms with Crippen LogP contribution in [0.4, 0.5) is 0 Å². The molecular weight excluding hydrogens is 326 g/mol. The number of rotatable bonds is 5. The second-order valence-corrected chi connectivity index (χ2v) is 6.49. The molecule has 1 amide bonds. The molecule has 1 unspecified atom stereocenters. The van der Waals surface area contributed by atoms with Crippen molar-refractivity contribution in [2.75, 3.05) is 20.8 Å². The average molecular weight is 351 g/mol. The molecule has 1 aliphatic rings. The Bertz CT molecular complexity index is 813. The van der Waals surface area contributed by atoms with E-state index < -0.39 is 0 Å². The van der Waals surface area contributed by atoms with Gasteiger partial charge in [0.1, 0.15) is 11.5 Å². The van der Waals surface area contributed by atoms with Gasteiger partial charge in [-0.1, -0.05) is 24.3 Å². The summed E-state index contributed by atoms with van der Waals surface area (Å²) < 4.78 is 10.8. The first-order valence-electron chi connectivity index (χ1n) is 8.90. The summed E-state index contributed by atoms with van der Waals surface area (Å²) in [6, 6.07) is 13.9. The molecule has 1 atom stereocenters. The minimum Gasteiger partial charge on any atom is -0.497 e. The van der Waals surface area contributed by atoms with Crippen molar-refractivity contribution in [2.45, 2.75) is 25.8 Å². The zero-order chi connectivity index (χ0) is 18.5. The molecule has 26 heavy (non-hydrogen) atoms. The van der Waals surface area contributed by atoms with Gasteiger partial charge >= 0.3 is 0 Å². The van der Waals surface area contributed by atoms with Crippen molar-refractivity contribution in [1.82, 2.24) is 4.90 Å². The molecule has 1 saturated heterocycles. The van der Waals surface area contributed by atoms with Gasteiger partial charge in [0.25, 0.3) is 0 Å². The van der Waals surface area contributed by atoms with E-state index in [1.165, 1.54) is 0 Å². The molecule has 0 bridgehead atoms. The quantitative estimate of drug-likeness (QED) is 0.750. The number of hydrogen-bond donors (Lipinski definition) is 0. The van der Waals surface area contributed by atoms with Crippen molar-refractivity contribution in [3.05, 3.63) is 65.2 Å². The molecule has 136 valence electrons. The Kier molecular flexibility index (Phi) is 5.61. The fourth-order valence-electron chi connectivity index (χ4n) is 3.48. The van der Waals surface area contributed by atoms with E-state index >= 15 is 0 Å². The Morgan fingerprint density at radius 3 is 2.69 bits per heavy atom. The molecule has 0 radical (unpaired) electrons. The standard InChI is InChI=1S/C22H25NO3/c1-16-7-4-5-8-17(16)10-13-22(24)23-14-6-9-20(23)19-12-11-18(25-2)15-21(19)26-3/h4-5,7-8,10-13,15,20H,6,9,14H2,1-3H3/b13-10+. The molecule has 0 spiro atoms. The normalized spacial score (nSPS) is 16.9. The van der Waals surface area contributed by atoms with E-state index in [2.05, 4.69) is 0 Å². The molecule has 1 heterocycles. The summed E-state index contributed by atoms with van der Waals surface area (Å²) in [5.41, 5.74) is 3.26. The summed E-state index contributed by atoms with van der Waals surface area (Å²) in [7, 11) is 3.29. The summed E-state index contributed by atoms with van der Waals surface area (Å²) >= 11 is 0. The van der Waals surface area contributed by atoms with Gasteiger partial charge in [-0.25, -0.2) is 0 Å². The van der Waals surface area contributed by atoms with Crippen LogP contribution in [0.25, 0.3) is 6.08 Å². The molecule has 2 aromatic carbocycles. The molecular formula is C22H25NO3. The zero-order valence-electron chi connectivity index (χ0n) is 15.6. The summed E-state index contributed by atoms with van der Waals surface area (Å²) in [6.07, 6.45) is 5.51. The number of likely N-dealkylation sites (tertiary alicyclic amines) is 1. The molecule has 1 fully saturated rings. The number of aryl methyl sites for hydroxylation is 1. The number of hydrogen-bond acceptors (Lipinski definition) is 3. The first kappa shape index (κ1) is 18.1. The van der Waals surface area contributed by atoms with Gasteiger partial charge in [0.2, 0.25) is 5.91 Å². The molecule has 0 aromatic heterocycles. The third-order valence-corrected chi connectivity index (χ3v) is 4.93. The van der Waals surface area contributed by atoms with Crippen LogP contribution in [0.15, 0.2) is 48.5 Å². The Balaban J connectivity index is 1.82. The van der Waals surface area contributed by atoms with Gasteiger partial charge in [-0.05, 0) is 49.1 Å². The van der Waals surface area contributed by atoms with Crippen molar-refractivity contribution >= 4 is 12.0 Å². The maximum absolute atomic E-state index is 12.8. The zero-order valence-corrected chi connectivity index (χ0v) is 15.6. The highest BCUT2D eigenvalue weighted by atomic mass is 16.5. The molecule has 0 saturated carbocycles. The van der Waals surface area contributed by atoms with E-state index in [9.17, 15) is 4.79 Å². The van der Waals surface area contributed by atoms with Gasteiger partial charge in [-0.15, -0.1) is 0 Å². The van der Waals surface area contributed by atoms with Crippen LogP contribution in [0.5, 0.6) is 11.5 Å². The number of carbonyl (C=O) groups excluding carboxylic acids is 1. The maximum atomic E-state index is 12.8. The smallest absolute Gasteiger partial charge is 0.247 e. The van der Waals surface area contributed by atoms with Crippen LogP contribution in [0.3, 0.4) is 0 Å². The van der Waals surface area contributed by atoms with E-state index in [0.717, 1.165) is 47.6 Å². The third-order valence-electron chi connectivity index (χ3n) is 4.93. The number of ether oxygens (including phenoxy) is 2. The predicted molar refractivity (Wildman–Crippen MR) is 103 cm³/mol. The number of methoxy groups -OCH3 is 2. The molecule has 1 aliphatic heterocycles. The molecule has 0 N–H and O–H groups in total. The monoisotopic (exact) mass is 351 g/mol. The largest absolute Gasteiger partial charge is 0.497 e. The van der Waals surface area contributed by atoms with Gasteiger partial charge in [0, 0.05) is 24.3 Å². The number of carbonyl (C=O) groups is 1. The Morgan fingerprint density at radius 1 is 1.15 bits per heavy atom. The predicted octanol–water partition coefficient (Wildman–Crippen LogP) is 4.39. The van der Waals surface area contributed by atoms with Crippen molar-refractivity contribution in [2.24, 2.45) is 0 Å². The number of amides is 1. The second-order valence-electron chi connectivity index (χ2n) is 6.49. The van der Waals surface area contributed by atoms with Gasteiger partial charge in [-0.2, -0.15) is 0 Å². The summed E-state index contributed by atoms with van der Waals surface area (Å²) in [6.45, 7) is 2.81. The molecule has 0 aliphatic carbocycles. The van der Waals surface area contributed by atoms with E-state index in [1.807, 2.05) is 60.4 Å². The van der Waals surface area contributed by atoms with Crippen LogP contribution in [-0.2, 0) is 4.79 Å². The lowest BCUT2D eigenvalue weighted by Gasteiger charge is -2.25. The first-order valence-corrected chi connectivity index (χ1v) is 8.90. The highest BCUT2D eigenvalue weighted by Crippen LogP contribution is 2.38. The van der Waals surface area contributed by atoms with E-state index in [4.69, 9.17) is 9.47 Å². The van der Waals surface area contributed by atoms with E-state index in [0.29, 0.717) is 0 Å². The van der Waals surface area contributed by atoms with Gasteiger partial charge in [0.15, 0.2) is 0 Å². The first-order chi connectivity index (χ1) is 12.6. The van der Waals surface area contributed by atoms with Crippen LogP contribution < -0.4 is 9.47 Å². The van der Waals surface area contributed by atoms with Gasteiger partial charge < -0.3 is 14.4 Å². The average Bonchev–Trinajstić information content (AvgIpc) is 3.16. The van der Waals surface area contributed by atoms with Crippen LogP contribution in [0, 0.1) is 6.92 Å². The molecule has 2 aromatic rings. The minimum absolute atomic E-state index is 0.0323. The van der Waals surface area contributed by atoms with E-state index in [1.54, 1.807) is 20.3 Å². The summed E-state index contributed by atoms with van der Waals surface area (Å²) in [4.78, 5) is 14.7. The summed E-state index contributed by atoms with van der Waals surface area (Å²) in [5, 5.41) is 0. The second kappa shape index (κ2) is 8.09. The van der Waals surface area contributed by atoms with Crippen molar-refractivity contribution in [3.63, 3.8) is 0 Å². The van der Waals surface area contributed by atoms with Crippen molar-refractivity contribution in [3.8, 4) is 11.5 Å². The lowest BCUT2D eigenvalue weighted by Crippen LogP contribution is -2.29. The van der Waals surface area contributed by atoms with Crippen LogP contribution >= 0.6 is 0 Å². The Morgan fingerprint density at radius 2 is 1.96 bits per heavy atom. The number of nitrogens with zero attached hydrogens (tertiary/aromatic N) is 1. The SMILES string of the molecule is COc1ccc(C2CCCN2C(=O)/C=C/c2ccccc2C)c(OC)c1. The summed E-state index contributed by atoms with van der Waals surface area (Å²) in [5.74, 6) is 1.55. The minimum atomic E-state index is 0.0323. The highest BCUT2D eigenvalue weighted by molar-refractivity contribution is 5.92. The van der Waals surface area contributed by atoms with Crippen LogP contribution in [0.2, 0.25) is 0 Å². The molecule has 4 heteroatoms. The highest BCUT2D eigenvalue weighted by Gasteiger charge is 2.30. The fraction of sp³-hybridized carbons (Fsp3) is 0.318. The Labute approximate surface area is 155 Å². The van der Waals surface area contributed by atoms with E-state index in [-0.39, 0.29) is 11.9 Å². The topological polar surface area (TPSA) is 38.8 Å². The molecule has 3 rings (SSSR count). The number of benzene rings is 2. The lowest BCUT2D eigenvalue weighted by atomic mass is 10.0. The fourth-order valence-corrected chi connectivity index (χ4v) is 3.48. The van der Waals surface area contributed by atoms with Gasteiger partial charge in [0.05, 0.1) is 20.3 Å². The van der Waals surface area contributed by atoms with Gasteiger partial charge in [-0.3, -0.25) is 4.79 Å². The maximum Gasteiger partial charge on any atom is 0.247 e. The Hall–Kier alpha value is -2.75. The van der Waals surface area contributed by atoms with Crippen molar-refractivity contribution in [1.29, 1.82) is 0 Å². The third kappa shape index (κ3) is 3.74. The van der Waals surface area contributed by atoms with Crippen LogP contribution in [0.1, 0.15) is 35.6 Å².